The lowest BCUT2D eigenvalue weighted by atomic mass is 10.1. The molecule has 5 nitrogen and oxygen atoms in total. The zero-order valence-electron chi connectivity index (χ0n) is 13.5. The molecule has 3 atom stereocenters. The van der Waals surface area contributed by atoms with Gasteiger partial charge in [0.1, 0.15) is 5.82 Å². The third-order valence-corrected chi connectivity index (χ3v) is 7.62. The summed E-state index contributed by atoms with van der Waals surface area (Å²) >= 11 is 1.33. The van der Waals surface area contributed by atoms with Gasteiger partial charge in [0.2, 0.25) is 0 Å². The number of thioether (sulfide) groups is 1. The summed E-state index contributed by atoms with van der Waals surface area (Å²) in [5.41, 5.74) is 0.657. The number of sulfone groups is 1. The van der Waals surface area contributed by atoms with Gasteiger partial charge in [-0.15, -0.1) is 0 Å². The SMILES string of the molecule is CC[C@H](C)C(=O)N=C1S[C@H]2CS(=O)(=O)C[C@H]2N1c1ccc(F)cc1. The first kappa shape index (κ1) is 17.4. The Balaban J connectivity index is 1.98. The molecule has 1 aromatic rings. The van der Waals surface area contributed by atoms with E-state index in [0.717, 1.165) is 0 Å². The molecular formula is C16H19FN2O3S2. The lowest BCUT2D eigenvalue weighted by molar-refractivity contribution is -0.121. The molecule has 0 saturated carbocycles. The van der Waals surface area contributed by atoms with Crippen molar-refractivity contribution in [2.75, 3.05) is 16.4 Å². The molecule has 2 aliphatic rings. The van der Waals surface area contributed by atoms with Gasteiger partial charge in [0.05, 0.1) is 17.5 Å². The molecule has 3 rings (SSSR count). The van der Waals surface area contributed by atoms with Crippen LogP contribution < -0.4 is 4.90 Å². The monoisotopic (exact) mass is 370 g/mol. The molecule has 2 saturated heterocycles. The van der Waals surface area contributed by atoms with Crippen LogP contribution in [0.15, 0.2) is 29.3 Å². The van der Waals surface area contributed by atoms with Crippen molar-refractivity contribution in [1.29, 1.82) is 0 Å². The second-order valence-electron chi connectivity index (χ2n) is 6.19. The molecule has 130 valence electrons. The zero-order chi connectivity index (χ0) is 17.5. The molecule has 2 aliphatic heterocycles. The first-order chi connectivity index (χ1) is 11.3. The van der Waals surface area contributed by atoms with E-state index in [9.17, 15) is 17.6 Å². The molecular weight excluding hydrogens is 351 g/mol. The number of aliphatic imine (C=N–C) groups is 1. The van der Waals surface area contributed by atoms with E-state index in [1.807, 2.05) is 13.8 Å². The summed E-state index contributed by atoms with van der Waals surface area (Å²) in [6.07, 6.45) is 0.693. The van der Waals surface area contributed by atoms with Crippen molar-refractivity contribution < 1.29 is 17.6 Å². The van der Waals surface area contributed by atoms with Crippen LogP contribution in [0.2, 0.25) is 0 Å². The molecule has 0 aliphatic carbocycles. The molecule has 0 aromatic heterocycles. The molecule has 2 heterocycles. The minimum atomic E-state index is -3.10. The number of anilines is 1. The molecule has 8 heteroatoms. The van der Waals surface area contributed by atoms with Crippen LogP contribution in [0.3, 0.4) is 0 Å². The van der Waals surface area contributed by atoms with Crippen LogP contribution in [0.4, 0.5) is 10.1 Å². The molecule has 0 bridgehead atoms. The minimum absolute atomic E-state index is 0.0264. The highest BCUT2D eigenvalue weighted by Gasteiger charge is 2.49. The maximum absolute atomic E-state index is 13.2. The van der Waals surface area contributed by atoms with Gasteiger partial charge in [-0.2, -0.15) is 4.99 Å². The number of hydrogen-bond acceptors (Lipinski definition) is 4. The van der Waals surface area contributed by atoms with Crippen LogP contribution in [-0.4, -0.2) is 42.3 Å². The van der Waals surface area contributed by atoms with Gasteiger partial charge < -0.3 is 4.90 Å². The minimum Gasteiger partial charge on any atom is -0.316 e. The van der Waals surface area contributed by atoms with Gasteiger partial charge in [0.25, 0.3) is 5.91 Å². The summed E-state index contributed by atoms with van der Waals surface area (Å²) in [6, 6.07) is 5.56. The molecule has 1 aromatic carbocycles. The van der Waals surface area contributed by atoms with Crippen LogP contribution >= 0.6 is 11.8 Å². The van der Waals surface area contributed by atoms with Crippen molar-refractivity contribution in [3.05, 3.63) is 30.1 Å². The van der Waals surface area contributed by atoms with Crippen LogP contribution in [0.5, 0.6) is 0 Å². The van der Waals surface area contributed by atoms with Gasteiger partial charge in [-0.1, -0.05) is 25.6 Å². The van der Waals surface area contributed by atoms with Gasteiger partial charge in [0, 0.05) is 16.9 Å². The fourth-order valence-corrected chi connectivity index (χ4v) is 6.77. The van der Waals surface area contributed by atoms with E-state index < -0.39 is 9.84 Å². The van der Waals surface area contributed by atoms with Gasteiger partial charge in [-0.05, 0) is 30.7 Å². The first-order valence-corrected chi connectivity index (χ1v) is 10.5. The summed E-state index contributed by atoms with van der Waals surface area (Å²) in [5.74, 6) is -0.655. The summed E-state index contributed by atoms with van der Waals surface area (Å²) in [5, 5.41) is 0.361. The van der Waals surface area contributed by atoms with Crippen LogP contribution in [0, 0.1) is 11.7 Å². The van der Waals surface area contributed by atoms with E-state index in [2.05, 4.69) is 4.99 Å². The Kier molecular flexibility index (Phi) is 4.70. The zero-order valence-corrected chi connectivity index (χ0v) is 15.1. The molecule has 2 fully saturated rings. The number of halogens is 1. The largest absolute Gasteiger partial charge is 0.316 e. The summed E-state index contributed by atoms with van der Waals surface area (Å²) < 4.78 is 37.1. The fraction of sp³-hybridized carbons (Fsp3) is 0.500. The number of amidine groups is 1. The predicted molar refractivity (Wildman–Crippen MR) is 94.6 cm³/mol. The summed E-state index contributed by atoms with van der Waals surface area (Å²) in [7, 11) is -3.10. The second-order valence-corrected chi connectivity index (χ2v) is 9.55. The Hall–Kier alpha value is -1.41. The Morgan fingerprint density at radius 1 is 1.38 bits per heavy atom. The molecule has 0 spiro atoms. The Bertz CT molecular complexity index is 777. The standard InChI is InChI=1S/C16H19FN2O3S2/c1-3-10(2)15(20)18-16-19(12-6-4-11(17)5-7-12)13-8-24(21,22)9-14(13)23-16/h4-7,10,13-14H,3,8-9H2,1-2H3/t10-,13+,14-/m0/s1. The van der Waals surface area contributed by atoms with Crippen molar-refractivity contribution in [2.45, 2.75) is 31.6 Å². The Morgan fingerprint density at radius 3 is 2.67 bits per heavy atom. The molecule has 1 amide bonds. The van der Waals surface area contributed by atoms with E-state index in [1.54, 1.807) is 17.0 Å². The number of hydrogen-bond donors (Lipinski definition) is 0. The second kappa shape index (κ2) is 6.48. The van der Waals surface area contributed by atoms with E-state index in [-0.39, 0.29) is 40.4 Å². The lowest BCUT2D eigenvalue weighted by Gasteiger charge is -2.24. The van der Waals surface area contributed by atoms with E-state index >= 15 is 0 Å². The highest BCUT2D eigenvalue weighted by molar-refractivity contribution is 8.16. The molecule has 0 radical (unpaired) electrons. The number of amides is 1. The predicted octanol–water partition coefficient (Wildman–Crippen LogP) is 2.47. The summed E-state index contributed by atoms with van der Waals surface area (Å²) in [6.45, 7) is 3.74. The van der Waals surface area contributed by atoms with Crippen molar-refractivity contribution in [2.24, 2.45) is 10.9 Å². The van der Waals surface area contributed by atoms with Crippen LogP contribution in [-0.2, 0) is 14.6 Å². The maximum Gasteiger partial charge on any atom is 0.250 e. The smallest absolute Gasteiger partial charge is 0.250 e. The van der Waals surface area contributed by atoms with Crippen molar-refractivity contribution in [3.63, 3.8) is 0 Å². The normalized spacial score (nSPS) is 28.1. The van der Waals surface area contributed by atoms with Crippen LogP contribution in [0.25, 0.3) is 0 Å². The lowest BCUT2D eigenvalue weighted by Crippen LogP contribution is -2.37. The van der Waals surface area contributed by atoms with Crippen molar-refractivity contribution >= 4 is 38.4 Å². The molecule has 0 unspecified atom stereocenters. The van der Waals surface area contributed by atoms with Gasteiger partial charge >= 0.3 is 0 Å². The molecule has 24 heavy (non-hydrogen) atoms. The van der Waals surface area contributed by atoms with Gasteiger partial charge in [0.15, 0.2) is 15.0 Å². The van der Waals surface area contributed by atoms with E-state index in [0.29, 0.717) is 17.3 Å². The number of rotatable bonds is 3. The third kappa shape index (κ3) is 3.35. The summed E-state index contributed by atoms with van der Waals surface area (Å²) in [4.78, 5) is 18.2. The highest BCUT2D eigenvalue weighted by atomic mass is 32.2. The first-order valence-electron chi connectivity index (χ1n) is 7.85. The van der Waals surface area contributed by atoms with E-state index in [4.69, 9.17) is 0 Å². The number of carbonyl (C=O) groups excluding carboxylic acids is 1. The van der Waals surface area contributed by atoms with Crippen molar-refractivity contribution in [1.82, 2.24) is 0 Å². The van der Waals surface area contributed by atoms with Gasteiger partial charge in [-0.25, -0.2) is 12.8 Å². The van der Waals surface area contributed by atoms with Gasteiger partial charge in [-0.3, -0.25) is 4.79 Å². The Morgan fingerprint density at radius 2 is 2.04 bits per heavy atom. The van der Waals surface area contributed by atoms with E-state index in [1.165, 1.54) is 23.9 Å². The van der Waals surface area contributed by atoms with Crippen molar-refractivity contribution in [3.8, 4) is 0 Å². The molecule has 0 N–H and O–H groups in total. The van der Waals surface area contributed by atoms with Crippen LogP contribution in [0.1, 0.15) is 20.3 Å². The quantitative estimate of drug-likeness (QED) is 0.818. The fourth-order valence-electron chi connectivity index (χ4n) is 2.85. The third-order valence-electron chi connectivity index (χ3n) is 4.41. The number of benzene rings is 1. The average molecular weight is 370 g/mol. The topological polar surface area (TPSA) is 66.8 Å². The maximum atomic E-state index is 13.2. The highest BCUT2D eigenvalue weighted by Crippen LogP contribution is 2.41. The number of carbonyl (C=O) groups is 1. The Labute approximate surface area is 145 Å². The number of fused-ring (bicyclic) bond motifs is 1. The number of nitrogens with zero attached hydrogens (tertiary/aromatic N) is 2. The average Bonchev–Trinajstić information content (AvgIpc) is 2.98.